The van der Waals surface area contributed by atoms with Crippen LogP contribution in [0, 0.1) is 92.7 Å². The molecule has 0 aromatic carbocycles. The molecule has 0 aliphatic heterocycles. The molecule has 352 valence electrons. The van der Waals surface area contributed by atoms with E-state index in [1.165, 1.54) is 116 Å². The first-order chi connectivity index (χ1) is 28.5. The fourth-order valence-electron chi connectivity index (χ4n) is 17.3. The molecule has 0 aromatic rings. The minimum absolute atomic E-state index is 0. The van der Waals surface area contributed by atoms with Crippen molar-refractivity contribution < 1.29 is 86.9 Å². The molecule has 6 fully saturated rings. The van der Waals surface area contributed by atoms with Gasteiger partial charge in [0.05, 0.1) is 12.2 Å². The third-order valence-corrected chi connectivity index (χ3v) is 20.6. The van der Waals surface area contributed by atoms with Gasteiger partial charge in [0.2, 0.25) is 0 Å². The van der Waals surface area contributed by atoms with E-state index >= 15 is 0 Å². The zero-order valence-corrected chi connectivity index (χ0v) is 47.5. The minimum atomic E-state index is -5.17. The number of allylic oxidation sites excluding steroid dienone is 2. The average Bonchev–Trinajstić information content (AvgIpc) is 3.71. The van der Waals surface area contributed by atoms with E-state index in [1.807, 2.05) is 0 Å². The number of fused-ring (bicyclic) bond motifs is 10. The largest absolute Gasteiger partial charge is 1.00 e. The first kappa shape index (κ1) is 56.9. The van der Waals surface area contributed by atoms with Crippen LogP contribution < -0.4 is 59.1 Å². The summed E-state index contributed by atoms with van der Waals surface area (Å²) in [7, 11) is -5.17. The molecule has 8 rings (SSSR count). The number of hydrogen-bond donors (Lipinski definition) is 2. The van der Waals surface area contributed by atoms with Crippen LogP contribution in [-0.2, 0) is 10.4 Å². The predicted octanol–water partition coefficient (Wildman–Crippen LogP) is 7.45. The smallest absolute Gasteiger partial charge is 0.759 e. The van der Waals surface area contributed by atoms with Crippen molar-refractivity contribution in [1.82, 2.24) is 0 Å². The molecule has 6 saturated carbocycles. The fraction of sp³-hybridized carbons (Fsp3) is 0.926. The third-order valence-electron chi connectivity index (χ3n) is 20.6. The third kappa shape index (κ3) is 12.6. The van der Waals surface area contributed by atoms with Gasteiger partial charge in [-0.05, 0) is 195 Å². The van der Waals surface area contributed by atoms with E-state index in [0.717, 1.165) is 96.7 Å². The van der Waals surface area contributed by atoms with E-state index in [0.29, 0.717) is 21.7 Å². The summed E-state index contributed by atoms with van der Waals surface area (Å²) < 4.78 is 34.1. The van der Waals surface area contributed by atoms with Gasteiger partial charge in [0, 0.05) is 10.4 Å². The van der Waals surface area contributed by atoms with Gasteiger partial charge in [-0.15, -0.1) is 0 Å². The molecule has 0 amide bonds. The molecule has 0 aromatic heterocycles. The fourth-order valence-corrected chi connectivity index (χ4v) is 17.3. The molecule has 0 radical (unpaired) electrons. The second-order valence-corrected chi connectivity index (χ2v) is 25.6. The molecular formula is C54H92Na2O6S. The summed E-state index contributed by atoms with van der Waals surface area (Å²) in [5.41, 5.74) is 5.21. The molecule has 2 N–H and O–H groups in total. The van der Waals surface area contributed by atoms with E-state index in [1.54, 1.807) is 11.1 Å². The average molecular weight is 915 g/mol. The summed E-state index contributed by atoms with van der Waals surface area (Å²) in [6, 6.07) is 0. The topological polar surface area (TPSA) is 121 Å². The van der Waals surface area contributed by atoms with Crippen LogP contribution in [0.5, 0.6) is 0 Å². The van der Waals surface area contributed by atoms with Crippen LogP contribution in [0.4, 0.5) is 0 Å². The molecule has 0 spiro atoms. The number of aliphatic hydroxyl groups is 2. The van der Waals surface area contributed by atoms with Crippen molar-refractivity contribution in [1.29, 1.82) is 0 Å². The van der Waals surface area contributed by atoms with Crippen molar-refractivity contribution in [3.05, 3.63) is 23.3 Å². The van der Waals surface area contributed by atoms with Gasteiger partial charge in [-0.25, -0.2) is 0 Å². The van der Waals surface area contributed by atoms with E-state index < -0.39 is 10.4 Å². The van der Waals surface area contributed by atoms with Crippen LogP contribution in [-0.4, -0.2) is 39.9 Å². The maximum Gasteiger partial charge on any atom is 1.00 e. The van der Waals surface area contributed by atoms with Crippen LogP contribution >= 0.6 is 0 Å². The Hall–Kier alpha value is 1.27. The second kappa shape index (κ2) is 23.0. The van der Waals surface area contributed by atoms with Gasteiger partial charge >= 0.3 is 59.1 Å². The molecule has 0 heterocycles. The summed E-state index contributed by atoms with van der Waals surface area (Å²) in [6.45, 7) is 25.1. The van der Waals surface area contributed by atoms with Gasteiger partial charge in [0.25, 0.3) is 0 Å². The summed E-state index contributed by atoms with van der Waals surface area (Å²) >= 11 is 0. The van der Waals surface area contributed by atoms with Crippen molar-refractivity contribution in [3.8, 4) is 0 Å². The van der Waals surface area contributed by atoms with E-state index in [4.69, 9.17) is 17.5 Å². The summed E-state index contributed by atoms with van der Waals surface area (Å²) in [6.07, 6.45) is 34.3. The Morgan fingerprint density at radius 1 is 0.556 bits per heavy atom. The molecule has 9 heteroatoms. The number of rotatable bonds is 10. The van der Waals surface area contributed by atoms with Crippen molar-refractivity contribution in [2.75, 3.05) is 0 Å². The molecule has 6 unspecified atom stereocenters. The maximum absolute atomic E-state index is 10.2. The van der Waals surface area contributed by atoms with Gasteiger partial charge in [-0.2, -0.15) is 0 Å². The second-order valence-electron chi connectivity index (χ2n) is 24.8. The Morgan fingerprint density at radius 3 is 1.24 bits per heavy atom. The van der Waals surface area contributed by atoms with Crippen molar-refractivity contribution >= 4 is 10.4 Å². The number of aliphatic hydroxyl groups excluding tert-OH is 2. The van der Waals surface area contributed by atoms with Gasteiger partial charge in [-0.3, -0.25) is 8.42 Å². The molecule has 8 aliphatic carbocycles. The zero-order chi connectivity index (χ0) is 44.7. The Kier molecular flexibility index (Phi) is 20.8. The Morgan fingerprint density at radius 2 is 0.905 bits per heavy atom. The SMILES string of the molecule is CC(C)CCC[C@@H](C)[C@H]1CCC2C3CC=C4CC(O)CC[C@]4(C)C3CC[C@@]21C.CC(C)CCC[C@@H](C)[C@H]1CCC2[C@H]3CC=C4CC(O)CC[C@]4(C)[C@@H]3CC[C@@]21C.O=S(=O)([O-])[O-].[Na+].[Na+]. The van der Waals surface area contributed by atoms with Gasteiger partial charge < -0.3 is 19.3 Å². The predicted molar refractivity (Wildman–Crippen MR) is 249 cm³/mol. The molecule has 0 bridgehead atoms. The number of hydrogen-bond acceptors (Lipinski definition) is 6. The monoisotopic (exact) mass is 915 g/mol. The Labute approximate surface area is 432 Å². The maximum atomic E-state index is 10.2. The van der Waals surface area contributed by atoms with Gasteiger partial charge in [0.1, 0.15) is 0 Å². The van der Waals surface area contributed by atoms with Crippen molar-refractivity contribution in [2.45, 2.75) is 223 Å². The standard InChI is InChI=1S/2C27H46O.2Na.H2O4S/c2*1-18(2)7-6-8-19(3)23-11-12-24-22-10-9-20-17-21(28)13-15-26(20,4)25(22)14-16-27(23,24)5;;;1-5(2,3)4/h2*9,18-19,21-25,28H,6-8,10-17H2,1-5H3;;;(H2,1,2,3,4)/q;;2*+1;/p-2/t19-,21?,22?,23-,24?,25?,26+,27-;19-,21?,22-,23-,24?,25-,26+,27-;;;/m11.../s1. The summed E-state index contributed by atoms with van der Waals surface area (Å²) in [5, 5.41) is 20.4. The van der Waals surface area contributed by atoms with Crippen LogP contribution in [0.1, 0.15) is 210 Å². The molecule has 6 nitrogen and oxygen atoms in total. The van der Waals surface area contributed by atoms with E-state index in [9.17, 15) is 10.2 Å². The Balaban J connectivity index is 0.000000243. The van der Waals surface area contributed by atoms with Crippen molar-refractivity contribution in [3.63, 3.8) is 0 Å². The van der Waals surface area contributed by atoms with Crippen LogP contribution in [0.2, 0.25) is 0 Å². The molecular weight excluding hydrogens is 823 g/mol. The first-order valence-electron chi connectivity index (χ1n) is 25.9. The first-order valence-corrected chi connectivity index (χ1v) is 27.3. The molecule has 16 atom stereocenters. The van der Waals surface area contributed by atoms with Crippen LogP contribution in [0.15, 0.2) is 23.3 Å². The minimum Gasteiger partial charge on any atom is -0.759 e. The summed E-state index contributed by atoms with van der Waals surface area (Å²) in [4.78, 5) is 0. The zero-order valence-electron chi connectivity index (χ0n) is 42.7. The van der Waals surface area contributed by atoms with Gasteiger partial charge in [0.15, 0.2) is 0 Å². The molecule has 0 saturated heterocycles. The van der Waals surface area contributed by atoms with E-state index in [-0.39, 0.29) is 71.3 Å². The van der Waals surface area contributed by atoms with E-state index in [2.05, 4.69) is 81.4 Å². The summed E-state index contributed by atoms with van der Waals surface area (Å²) in [5.74, 6) is 10.9. The van der Waals surface area contributed by atoms with Gasteiger partial charge in [-0.1, -0.05) is 131 Å². The van der Waals surface area contributed by atoms with Crippen LogP contribution in [0.3, 0.4) is 0 Å². The Bertz CT molecular complexity index is 1540. The molecule has 63 heavy (non-hydrogen) atoms. The molecule has 8 aliphatic rings. The van der Waals surface area contributed by atoms with Crippen LogP contribution in [0.25, 0.3) is 0 Å². The van der Waals surface area contributed by atoms with Crippen molar-refractivity contribution in [2.24, 2.45) is 92.7 Å². The quantitative estimate of drug-likeness (QED) is 0.102. The normalized spacial score (nSPS) is 42.3.